The van der Waals surface area contributed by atoms with E-state index in [4.69, 9.17) is 4.74 Å². The minimum Gasteiger partial charge on any atom is -0.497 e. The van der Waals surface area contributed by atoms with Gasteiger partial charge < -0.3 is 4.74 Å². The number of rotatable bonds is 4. The van der Waals surface area contributed by atoms with Crippen LogP contribution in [0, 0.1) is 0 Å². The Morgan fingerprint density at radius 2 is 2.05 bits per heavy atom. The molecule has 0 aliphatic carbocycles. The van der Waals surface area contributed by atoms with Gasteiger partial charge in [0.2, 0.25) is 0 Å². The van der Waals surface area contributed by atoms with Gasteiger partial charge in [0.05, 0.1) is 13.3 Å². The Labute approximate surface area is 125 Å². The van der Waals surface area contributed by atoms with Crippen LogP contribution in [0.1, 0.15) is 15.9 Å². The van der Waals surface area contributed by atoms with Crippen molar-refractivity contribution in [3.05, 3.63) is 64.1 Å². The summed E-state index contributed by atoms with van der Waals surface area (Å²) in [4.78, 5) is 11.9. The molecule has 0 bridgehead atoms. The first-order chi connectivity index (χ1) is 9.70. The fourth-order valence-electron chi connectivity index (χ4n) is 1.57. The van der Waals surface area contributed by atoms with Gasteiger partial charge in [-0.2, -0.15) is 5.10 Å². The largest absolute Gasteiger partial charge is 0.497 e. The van der Waals surface area contributed by atoms with Crippen molar-refractivity contribution >= 4 is 28.1 Å². The SMILES string of the molecule is COc1cccc(C(=O)NN=Cc2ccccc2Br)c1. The molecule has 0 saturated carbocycles. The van der Waals surface area contributed by atoms with Crippen molar-refractivity contribution in [1.29, 1.82) is 0 Å². The monoisotopic (exact) mass is 332 g/mol. The highest BCUT2D eigenvalue weighted by Crippen LogP contribution is 2.14. The highest BCUT2D eigenvalue weighted by atomic mass is 79.9. The smallest absolute Gasteiger partial charge is 0.271 e. The second-order valence-corrected chi connectivity index (χ2v) is 4.81. The van der Waals surface area contributed by atoms with E-state index in [1.807, 2.05) is 24.3 Å². The van der Waals surface area contributed by atoms with E-state index in [-0.39, 0.29) is 5.91 Å². The molecule has 0 saturated heterocycles. The van der Waals surface area contributed by atoms with E-state index < -0.39 is 0 Å². The van der Waals surface area contributed by atoms with Gasteiger partial charge in [0, 0.05) is 15.6 Å². The summed E-state index contributed by atoms with van der Waals surface area (Å²) in [5, 5.41) is 3.94. The van der Waals surface area contributed by atoms with Gasteiger partial charge in [0.25, 0.3) is 5.91 Å². The number of amides is 1. The Morgan fingerprint density at radius 1 is 1.25 bits per heavy atom. The second kappa shape index (κ2) is 6.86. The normalized spacial score (nSPS) is 10.5. The number of halogens is 1. The van der Waals surface area contributed by atoms with Crippen molar-refractivity contribution in [1.82, 2.24) is 5.43 Å². The predicted molar refractivity (Wildman–Crippen MR) is 82.2 cm³/mol. The van der Waals surface area contributed by atoms with Crippen molar-refractivity contribution in [3.8, 4) is 5.75 Å². The summed E-state index contributed by atoms with van der Waals surface area (Å²) in [6.45, 7) is 0. The van der Waals surface area contributed by atoms with Crippen molar-refractivity contribution in [2.45, 2.75) is 0 Å². The van der Waals surface area contributed by atoms with Crippen LogP contribution >= 0.6 is 15.9 Å². The van der Waals surface area contributed by atoms with Gasteiger partial charge in [-0.05, 0) is 24.3 Å². The standard InChI is InChI=1S/C15H13BrN2O2/c1-20-13-7-4-6-11(9-13)15(19)18-17-10-12-5-2-3-8-14(12)16/h2-10H,1H3,(H,18,19). The molecule has 0 radical (unpaired) electrons. The third-order valence-corrected chi connectivity index (χ3v) is 3.33. The maximum atomic E-state index is 11.9. The molecule has 2 aromatic carbocycles. The quantitative estimate of drug-likeness (QED) is 0.690. The molecular weight excluding hydrogens is 320 g/mol. The minimum atomic E-state index is -0.285. The average molecular weight is 333 g/mol. The number of hydrogen-bond acceptors (Lipinski definition) is 3. The molecule has 0 unspecified atom stereocenters. The van der Waals surface area contributed by atoms with E-state index in [1.165, 1.54) is 0 Å². The number of nitrogens with one attached hydrogen (secondary N) is 1. The van der Waals surface area contributed by atoms with E-state index in [0.717, 1.165) is 10.0 Å². The van der Waals surface area contributed by atoms with E-state index in [1.54, 1.807) is 37.6 Å². The Hall–Kier alpha value is -2.14. The molecule has 20 heavy (non-hydrogen) atoms. The summed E-state index contributed by atoms with van der Waals surface area (Å²) in [6.07, 6.45) is 1.59. The number of hydrogen-bond donors (Lipinski definition) is 1. The summed E-state index contributed by atoms with van der Waals surface area (Å²) < 4.78 is 5.99. The van der Waals surface area contributed by atoms with Gasteiger partial charge >= 0.3 is 0 Å². The number of benzene rings is 2. The molecule has 2 rings (SSSR count). The minimum absolute atomic E-state index is 0.285. The molecule has 0 fully saturated rings. The lowest BCUT2D eigenvalue weighted by molar-refractivity contribution is 0.0955. The summed E-state index contributed by atoms with van der Waals surface area (Å²) in [5.41, 5.74) is 3.86. The number of carbonyl (C=O) groups is 1. The Kier molecular flexibility index (Phi) is 4.90. The molecule has 0 atom stereocenters. The summed E-state index contributed by atoms with van der Waals surface area (Å²) in [7, 11) is 1.56. The highest BCUT2D eigenvalue weighted by molar-refractivity contribution is 9.10. The number of nitrogens with zero attached hydrogens (tertiary/aromatic N) is 1. The lowest BCUT2D eigenvalue weighted by atomic mass is 10.2. The van der Waals surface area contributed by atoms with Crippen molar-refractivity contribution in [2.24, 2.45) is 5.10 Å². The fourth-order valence-corrected chi connectivity index (χ4v) is 1.96. The first-order valence-electron chi connectivity index (χ1n) is 5.92. The van der Waals surface area contributed by atoms with Crippen LogP contribution in [-0.4, -0.2) is 19.2 Å². The molecule has 0 aromatic heterocycles. The van der Waals surface area contributed by atoms with Crippen LogP contribution in [0.2, 0.25) is 0 Å². The van der Waals surface area contributed by atoms with E-state index in [9.17, 15) is 4.79 Å². The molecule has 0 spiro atoms. The molecule has 102 valence electrons. The summed E-state index contributed by atoms with van der Waals surface area (Å²) in [5.74, 6) is 0.347. The Balaban J connectivity index is 2.03. The van der Waals surface area contributed by atoms with Crippen LogP contribution in [0.3, 0.4) is 0 Å². The van der Waals surface area contributed by atoms with Gasteiger partial charge in [-0.15, -0.1) is 0 Å². The van der Waals surface area contributed by atoms with Crippen LogP contribution in [0.5, 0.6) is 5.75 Å². The number of methoxy groups -OCH3 is 1. The molecule has 1 N–H and O–H groups in total. The number of ether oxygens (including phenoxy) is 1. The third-order valence-electron chi connectivity index (χ3n) is 2.61. The molecule has 0 aliphatic rings. The molecule has 0 aliphatic heterocycles. The predicted octanol–water partition coefficient (Wildman–Crippen LogP) is 3.22. The molecule has 0 heterocycles. The maximum absolute atomic E-state index is 11.9. The van der Waals surface area contributed by atoms with E-state index in [2.05, 4.69) is 26.5 Å². The lowest BCUT2D eigenvalue weighted by Crippen LogP contribution is -2.17. The molecule has 1 amide bonds. The van der Waals surface area contributed by atoms with Gasteiger partial charge in [-0.1, -0.05) is 40.2 Å². The first kappa shape index (κ1) is 14.3. The Morgan fingerprint density at radius 3 is 2.80 bits per heavy atom. The van der Waals surface area contributed by atoms with Crippen LogP contribution in [-0.2, 0) is 0 Å². The molecule has 4 nitrogen and oxygen atoms in total. The van der Waals surface area contributed by atoms with Crippen molar-refractivity contribution in [3.63, 3.8) is 0 Å². The van der Waals surface area contributed by atoms with Crippen LogP contribution < -0.4 is 10.2 Å². The summed E-state index contributed by atoms with van der Waals surface area (Å²) in [6, 6.07) is 14.5. The zero-order valence-electron chi connectivity index (χ0n) is 10.8. The van der Waals surface area contributed by atoms with Crippen molar-refractivity contribution in [2.75, 3.05) is 7.11 Å². The first-order valence-corrected chi connectivity index (χ1v) is 6.72. The third kappa shape index (κ3) is 3.68. The van der Waals surface area contributed by atoms with Gasteiger partial charge in [0.1, 0.15) is 5.75 Å². The van der Waals surface area contributed by atoms with Crippen molar-refractivity contribution < 1.29 is 9.53 Å². The highest BCUT2D eigenvalue weighted by Gasteiger charge is 2.05. The zero-order valence-corrected chi connectivity index (χ0v) is 12.4. The van der Waals surface area contributed by atoms with Crippen LogP contribution in [0.15, 0.2) is 58.1 Å². The second-order valence-electron chi connectivity index (χ2n) is 3.95. The van der Waals surface area contributed by atoms with Crippen LogP contribution in [0.4, 0.5) is 0 Å². The van der Waals surface area contributed by atoms with Crippen LogP contribution in [0.25, 0.3) is 0 Å². The molecular formula is C15H13BrN2O2. The topological polar surface area (TPSA) is 50.7 Å². The maximum Gasteiger partial charge on any atom is 0.271 e. The number of carbonyl (C=O) groups excluding carboxylic acids is 1. The van der Waals surface area contributed by atoms with Gasteiger partial charge in [-0.25, -0.2) is 5.43 Å². The average Bonchev–Trinajstić information content (AvgIpc) is 2.49. The fraction of sp³-hybridized carbons (Fsp3) is 0.0667. The van der Waals surface area contributed by atoms with E-state index in [0.29, 0.717) is 11.3 Å². The zero-order chi connectivity index (χ0) is 14.4. The van der Waals surface area contributed by atoms with Gasteiger partial charge in [-0.3, -0.25) is 4.79 Å². The molecule has 2 aromatic rings. The van der Waals surface area contributed by atoms with Gasteiger partial charge in [0.15, 0.2) is 0 Å². The molecule has 5 heteroatoms. The number of hydrazone groups is 1. The Bertz CT molecular complexity index is 641. The summed E-state index contributed by atoms with van der Waals surface area (Å²) >= 11 is 3.41. The van der Waals surface area contributed by atoms with E-state index >= 15 is 0 Å². The lowest BCUT2D eigenvalue weighted by Gasteiger charge is -2.03.